The van der Waals surface area contributed by atoms with Gasteiger partial charge in [0.25, 0.3) is 5.91 Å². The lowest BCUT2D eigenvalue weighted by Crippen LogP contribution is -2.49. The molecule has 0 radical (unpaired) electrons. The van der Waals surface area contributed by atoms with E-state index in [1.54, 1.807) is 0 Å². The summed E-state index contributed by atoms with van der Waals surface area (Å²) < 4.78 is 0. The molecule has 0 unspecified atom stereocenters. The van der Waals surface area contributed by atoms with Gasteiger partial charge in [0, 0.05) is 0 Å². The van der Waals surface area contributed by atoms with Gasteiger partial charge in [0.2, 0.25) is 0 Å². The Balaban J connectivity index is 2.66. The van der Waals surface area contributed by atoms with Gasteiger partial charge in [-0.2, -0.15) is 5.26 Å². The molecule has 0 aliphatic heterocycles. The number of nitrogens with one attached hydrogen (secondary N) is 1. The Morgan fingerprint density at radius 3 is 2.12 bits per heavy atom. The van der Waals surface area contributed by atoms with E-state index in [4.69, 9.17) is 23.2 Å². The molecule has 0 atom stereocenters. The van der Waals surface area contributed by atoms with Crippen LogP contribution >= 0.6 is 23.2 Å². The number of nitrogens with zero attached hydrogens (tertiary/aromatic N) is 1. The third kappa shape index (κ3) is 3.84. The maximum absolute atomic E-state index is 11.4. The van der Waals surface area contributed by atoms with Crippen LogP contribution in [0.15, 0.2) is 0 Å². The monoisotopic (exact) mass is 262 g/mol. The van der Waals surface area contributed by atoms with Gasteiger partial charge in [0.15, 0.2) is 4.84 Å². The second kappa shape index (κ2) is 6.32. The average molecular weight is 263 g/mol. The van der Waals surface area contributed by atoms with E-state index in [2.05, 4.69) is 11.4 Å². The number of carbonyl (C=O) groups excluding carboxylic acids is 1. The topological polar surface area (TPSA) is 52.9 Å². The van der Waals surface area contributed by atoms with Gasteiger partial charge < -0.3 is 5.32 Å². The fourth-order valence-electron chi connectivity index (χ4n) is 2.06. The lowest BCUT2D eigenvalue weighted by molar-refractivity contribution is -0.121. The normalized spacial score (nSPS) is 20.6. The predicted octanol–water partition coefficient (Wildman–Crippen LogP) is 2.91. The number of alkyl halides is 2. The molecule has 0 aromatic carbocycles. The summed E-state index contributed by atoms with van der Waals surface area (Å²) in [6.07, 6.45) is 6.75. The van der Waals surface area contributed by atoms with Crippen molar-refractivity contribution in [1.29, 1.82) is 5.26 Å². The highest BCUT2D eigenvalue weighted by Crippen LogP contribution is 2.26. The molecule has 0 aromatic heterocycles. The summed E-state index contributed by atoms with van der Waals surface area (Å²) in [5.41, 5.74) is -0.764. The molecule has 5 heteroatoms. The maximum atomic E-state index is 11.4. The molecule has 90 valence electrons. The van der Waals surface area contributed by atoms with E-state index in [-0.39, 0.29) is 0 Å². The molecule has 0 bridgehead atoms. The molecule has 3 nitrogen and oxygen atoms in total. The lowest BCUT2D eigenvalue weighted by Gasteiger charge is -2.29. The van der Waals surface area contributed by atoms with Gasteiger partial charge in [-0.25, -0.2) is 0 Å². The standard InChI is InChI=1S/C11H16Cl2N2O/c12-9(13)10(16)15-11(8-14)6-4-2-1-3-5-7-11/h9H,1-7H2,(H,15,16). The number of halogens is 2. The first-order valence-electron chi connectivity index (χ1n) is 5.61. The van der Waals surface area contributed by atoms with Gasteiger partial charge in [-0.1, -0.05) is 55.3 Å². The minimum Gasteiger partial charge on any atom is -0.335 e. The summed E-state index contributed by atoms with van der Waals surface area (Å²) in [5, 5.41) is 11.9. The van der Waals surface area contributed by atoms with Crippen LogP contribution in [0.5, 0.6) is 0 Å². The zero-order valence-electron chi connectivity index (χ0n) is 9.14. The molecular weight excluding hydrogens is 247 g/mol. The number of amides is 1. The molecule has 0 aromatic rings. The van der Waals surface area contributed by atoms with Crippen molar-refractivity contribution < 1.29 is 4.79 Å². The number of nitriles is 1. The fraction of sp³-hybridized carbons (Fsp3) is 0.818. The number of hydrogen-bond donors (Lipinski definition) is 1. The summed E-state index contributed by atoms with van der Waals surface area (Å²) in [7, 11) is 0. The SMILES string of the molecule is N#CC1(NC(=O)C(Cl)Cl)CCCCCCC1. The van der Waals surface area contributed by atoms with Gasteiger partial charge in [0.1, 0.15) is 5.54 Å². The minimum absolute atomic E-state index is 0.467. The van der Waals surface area contributed by atoms with Crippen LogP contribution < -0.4 is 5.32 Å². The summed E-state index contributed by atoms with van der Waals surface area (Å²) in [4.78, 5) is 10.3. The van der Waals surface area contributed by atoms with Crippen LogP contribution in [0.3, 0.4) is 0 Å². The number of carbonyl (C=O) groups is 1. The fourth-order valence-corrected chi connectivity index (χ4v) is 2.17. The Morgan fingerprint density at radius 1 is 1.19 bits per heavy atom. The average Bonchev–Trinajstić information content (AvgIpc) is 2.22. The van der Waals surface area contributed by atoms with Gasteiger partial charge >= 0.3 is 0 Å². The third-order valence-corrected chi connectivity index (χ3v) is 3.38. The van der Waals surface area contributed by atoms with Crippen LogP contribution in [0, 0.1) is 11.3 Å². The molecular formula is C11H16Cl2N2O. The molecule has 1 saturated carbocycles. The van der Waals surface area contributed by atoms with Gasteiger partial charge in [-0.05, 0) is 12.8 Å². The molecule has 1 amide bonds. The Labute approximate surface area is 106 Å². The Hall–Kier alpha value is -0.460. The van der Waals surface area contributed by atoms with Crippen LogP contribution in [0.4, 0.5) is 0 Å². The van der Waals surface area contributed by atoms with E-state index < -0.39 is 16.3 Å². The predicted molar refractivity (Wildman–Crippen MR) is 64.3 cm³/mol. The van der Waals surface area contributed by atoms with E-state index in [0.717, 1.165) is 25.7 Å². The lowest BCUT2D eigenvalue weighted by atomic mass is 9.85. The van der Waals surface area contributed by atoms with Crippen LogP contribution in [0.1, 0.15) is 44.9 Å². The molecule has 0 heterocycles. The molecule has 0 saturated heterocycles. The van der Waals surface area contributed by atoms with Gasteiger partial charge in [-0.15, -0.1) is 0 Å². The van der Waals surface area contributed by atoms with E-state index in [9.17, 15) is 10.1 Å². The molecule has 0 spiro atoms. The van der Waals surface area contributed by atoms with Crippen molar-refractivity contribution in [2.24, 2.45) is 0 Å². The van der Waals surface area contributed by atoms with Crippen LogP contribution in [0.25, 0.3) is 0 Å². The van der Waals surface area contributed by atoms with E-state index in [0.29, 0.717) is 12.8 Å². The van der Waals surface area contributed by atoms with Crippen molar-refractivity contribution in [1.82, 2.24) is 5.32 Å². The molecule has 1 rings (SSSR count). The summed E-state index contributed by atoms with van der Waals surface area (Å²) in [6.45, 7) is 0. The number of rotatable bonds is 2. The van der Waals surface area contributed by atoms with Crippen molar-refractivity contribution in [3.8, 4) is 6.07 Å². The summed E-state index contributed by atoms with van der Waals surface area (Å²) in [6, 6.07) is 2.22. The highest BCUT2D eigenvalue weighted by molar-refractivity contribution is 6.53. The molecule has 16 heavy (non-hydrogen) atoms. The summed E-state index contributed by atoms with van der Waals surface area (Å²) in [5.74, 6) is -0.467. The van der Waals surface area contributed by atoms with E-state index in [1.807, 2.05) is 0 Å². The summed E-state index contributed by atoms with van der Waals surface area (Å²) >= 11 is 11.0. The van der Waals surface area contributed by atoms with Crippen molar-refractivity contribution >= 4 is 29.1 Å². The van der Waals surface area contributed by atoms with E-state index >= 15 is 0 Å². The van der Waals surface area contributed by atoms with Crippen LogP contribution in [-0.2, 0) is 4.79 Å². The Kier molecular flexibility index (Phi) is 5.37. The van der Waals surface area contributed by atoms with Crippen LogP contribution in [0.2, 0.25) is 0 Å². The largest absolute Gasteiger partial charge is 0.335 e. The zero-order chi connectivity index (χ0) is 12.0. The highest BCUT2D eigenvalue weighted by Gasteiger charge is 2.33. The second-order valence-electron chi connectivity index (χ2n) is 4.25. The maximum Gasteiger partial charge on any atom is 0.254 e. The molecule has 1 fully saturated rings. The van der Waals surface area contributed by atoms with E-state index in [1.165, 1.54) is 6.42 Å². The van der Waals surface area contributed by atoms with Crippen molar-refractivity contribution in [2.75, 3.05) is 0 Å². The van der Waals surface area contributed by atoms with Crippen molar-refractivity contribution in [3.05, 3.63) is 0 Å². The van der Waals surface area contributed by atoms with Crippen molar-refractivity contribution in [3.63, 3.8) is 0 Å². The number of hydrogen-bond acceptors (Lipinski definition) is 2. The molecule has 1 N–H and O–H groups in total. The highest BCUT2D eigenvalue weighted by atomic mass is 35.5. The van der Waals surface area contributed by atoms with Gasteiger partial charge in [0.05, 0.1) is 6.07 Å². The third-order valence-electron chi connectivity index (χ3n) is 2.98. The quantitative estimate of drug-likeness (QED) is 0.779. The van der Waals surface area contributed by atoms with Crippen LogP contribution in [-0.4, -0.2) is 16.3 Å². The zero-order valence-corrected chi connectivity index (χ0v) is 10.7. The smallest absolute Gasteiger partial charge is 0.254 e. The first-order valence-corrected chi connectivity index (χ1v) is 6.48. The molecule has 1 aliphatic rings. The molecule has 1 aliphatic carbocycles. The minimum atomic E-state index is -1.10. The van der Waals surface area contributed by atoms with Gasteiger partial charge in [-0.3, -0.25) is 4.79 Å². The first-order chi connectivity index (χ1) is 7.59. The first kappa shape index (κ1) is 13.6. The van der Waals surface area contributed by atoms with Crippen molar-refractivity contribution in [2.45, 2.75) is 55.3 Å². The Bertz CT molecular complexity index is 278. The Morgan fingerprint density at radius 2 is 1.69 bits per heavy atom. The second-order valence-corrected chi connectivity index (χ2v) is 5.35.